The minimum absolute atomic E-state index is 0. The van der Waals surface area contributed by atoms with Gasteiger partial charge in [-0.25, -0.2) is 9.59 Å². The van der Waals surface area contributed by atoms with E-state index in [9.17, 15) is 14.4 Å². The van der Waals surface area contributed by atoms with E-state index in [0.717, 1.165) is 49.7 Å². The van der Waals surface area contributed by atoms with Crippen molar-refractivity contribution in [2.45, 2.75) is 129 Å². The highest BCUT2D eigenvalue weighted by Crippen LogP contribution is 2.51. The van der Waals surface area contributed by atoms with Crippen molar-refractivity contribution >= 4 is 18.0 Å². The van der Waals surface area contributed by atoms with Gasteiger partial charge in [0.1, 0.15) is 29.7 Å². The zero-order valence-corrected chi connectivity index (χ0v) is 34.2. The number of carbonyl (C=O) groups is 3. The Balaban J connectivity index is 0.000000145. The van der Waals surface area contributed by atoms with E-state index in [-0.39, 0.29) is 25.0 Å². The van der Waals surface area contributed by atoms with Crippen molar-refractivity contribution < 1.29 is 32.9 Å². The summed E-state index contributed by atoms with van der Waals surface area (Å²) in [7, 11) is 0. The van der Waals surface area contributed by atoms with Gasteiger partial charge in [-0.05, 0) is 117 Å². The first-order valence-corrected chi connectivity index (χ1v) is 21.9. The smallest absolute Gasteiger partial charge is 0.409 e. The standard InChI is InChI=1S/C21H32N4O3.C12H19N3O.C9H13NO3.CH4/c1-2-27-20(26)24-14-21(15-24)12-17(13-21)23-9-5-16(6-10-23)25-8-3-4-19(25)18-7-11-28-22-18;1-2-12(11-5-9-16-14-11)15(8-1)10-3-6-13-7-4-10;1-2-13-8(12)10-5-9(6-10)3-7(11)4-9;/h7,11,16-17,19H,2-6,8-10,12-15H2,1H3;5,9-10,12-13H,1-4,6-8H2;2-6H2,1H3;1H4. The van der Waals surface area contributed by atoms with Crippen molar-refractivity contribution in [2.75, 3.05) is 78.7 Å². The van der Waals surface area contributed by atoms with Crippen LogP contribution < -0.4 is 5.32 Å². The monoisotopic (exact) mass is 809 g/mol. The molecule has 6 saturated heterocycles. The summed E-state index contributed by atoms with van der Waals surface area (Å²) >= 11 is 0. The summed E-state index contributed by atoms with van der Waals surface area (Å²) in [5.41, 5.74) is 2.76. The summed E-state index contributed by atoms with van der Waals surface area (Å²) in [5.74, 6) is 0.323. The van der Waals surface area contributed by atoms with E-state index in [2.05, 4.69) is 30.3 Å². The molecule has 10 rings (SSSR count). The lowest BCUT2D eigenvalue weighted by Crippen LogP contribution is -2.68. The maximum absolute atomic E-state index is 11.8. The van der Waals surface area contributed by atoms with Crippen LogP contribution >= 0.6 is 0 Å². The Labute approximate surface area is 344 Å². The second-order valence-corrected chi connectivity index (χ2v) is 18.0. The SMILES string of the molecule is C.CCOC(=O)N1CC2(CC(=O)C2)C1.CCOC(=O)N1CC2(CC(N3CCC(N4CCCC4c4ccon4)CC3)C2)C1.c1cc(C2CCCN2C2CCNCC2)no1. The fourth-order valence-corrected chi connectivity index (χ4v) is 11.3. The van der Waals surface area contributed by atoms with Crippen LogP contribution in [0.4, 0.5) is 9.59 Å². The van der Waals surface area contributed by atoms with Crippen LogP contribution in [0.15, 0.2) is 33.7 Å². The molecule has 1 N–H and O–H groups in total. The van der Waals surface area contributed by atoms with Crippen LogP contribution in [-0.4, -0.2) is 150 Å². The van der Waals surface area contributed by atoms with Crippen molar-refractivity contribution in [1.82, 2.24) is 40.1 Å². The van der Waals surface area contributed by atoms with Gasteiger partial charge in [-0.3, -0.25) is 14.6 Å². The van der Waals surface area contributed by atoms with Crippen LogP contribution in [0.25, 0.3) is 0 Å². The molecule has 2 aromatic rings. The molecule has 0 aromatic carbocycles. The van der Waals surface area contributed by atoms with Crippen LogP contribution in [0.5, 0.6) is 0 Å². The Morgan fingerprint density at radius 1 is 0.707 bits per heavy atom. The summed E-state index contributed by atoms with van der Waals surface area (Å²) in [5, 5.41) is 11.7. The fourth-order valence-electron chi connectivity index (χ4n) is 11.3. The average Bonchev–Trinajstić information content (AvgIpc) is 4.00. The Morgan fingerprint density at radius 3 is 1.64 bits per heavy atom. The van der Waals surface area contributed by atoms with E-state index in [0.29, 0.717) is 68.5 Å². The van der Waals surface area contributed by atoms with Crippen LogP contribution in [0.2, 0.25) is 0 Å². The Hall–Kier alpha value is -3.53. The summed E-state index contributed by atoms with van der Waals surface area (Å²) < 4.78 is 20.0. The van der Waals surface area contributed by atoms with Gasteiger partial charge < -0.3 is 38.5 Å². The molecule has 15 nitrogen and oxygen atoms in total. The second-order valence-electron chi connectivity index (χ2n) is 18.0. The van der Waals surface area contributed by atoms with Crippen LogP contribution in [0.1, 0.15) is 122 Å². The molecule has 8 aliphatic rings. The van der Waals surface area contributed by atoms with Gasteiger partial charge in [-0.1, -0.05) is 17.7 Å². The highest BCUT2D eigenvalue weighted by atomic mass is 16.6. The third-order valence-corrected chi connectivity index (χ3v) is 14.1. The van der Waals surface area contributed by atoms with Gasteiger partial charge in [-0.15, -0.1) is 0 Å². The summed E-state index contributed by atoms with van der Waals surface area (Å²) in [6.45, 7) is 14.9. The number of aromatic nitrogens is 2. The quantitative estimate of drug-likeness (QED) is 0.354. The second kappa shape index (κ2) is 18.8. The predicted octanol–water partition coefficient (Wildman–Crippen LogP) is 5.90. The molecule has 8 fully saturated rings. The zero-order chi connectivity index (χ0) is 39.4. The Kier molecular flexibility index (Phi) is 13.8. The molecule has 2 aromatic heterocycles. The molecule has 58 heavy (non-hydrogen) atoms. The maximum atomic E-state index is 11.8. The largest absolute Gasteiger partial charge is 0.450 e. The summed E-state index contributed by atoms with van der Waals surface area (Å²) in [6.07, 6.45) is 16.9. The first kappa shape index (κ1) is 42.6. The number of ketones is 1. The van der Waals surface area contributed by atoms with Crippen LogP contribution in [0, 0.1) is 10.8 Å². The van der Waals surface area contributed by atoms with Crippen LogP contribution in [-0.2, 0) is 14.3 Å². The number of hydrogen-bond donors (Lipinski definition) is 1. The number of hydrogen-bond acceptors (Lipinski definition) is 13. The molecule has 322 valence electrons. The van der Waals surface area contributed by atoms with Gasteiger partial charge >= 0.3 is 12.2 Å². The van der Waals surface area contributed by atoms with E-state index >= 15 is 0 Å². The van der Waals surface area contributed by atoms with E-state index in [1.807, 2.05) is 24.0 Å². The molecule has 2 unspecified atom stereocenters. The topological polar surface area (TPSA) is 150 Å². The number of piperidine rings is 2. The van der Waals surface area contributed by atoms with Crippen molar-refractivity contribution in [3.63, 3.8) is 0 Å². The van der Waals surface area contributed by atoms with E-state index in [4.69, 9.17) is 18.5 Å². The van der Waals surface area contributed by atoms with Crippen molar-refractivity contribution in [1.29, 1.82) is 0 Å². The van der Waals surface area contributed by atoms with Gasteiger partial charge in [0.25, 0.3) is 0 Å². The Bertz CT molecular complexity index is 1600. The average molecular weight is 809 g/mol. The van der Waals surface area contributed by atoms with E-state index in [1.54, 1.807) is 24.3 Å². The predicted molar refractivity (Wildman–Crippen MR) is 217 cm³/mol. The summed E-state index contributed by atoms with van der Waals surface area (Å²) in [6, 6.07) is 7.14. The van der Waals surface area contributed by atoms with E-state index < -0.39 is 0 Å². The van der Waals surface area contributed by atoms with Crippen molar-refractivity contribution in [3.05, 3.63) is 36.0 Å². The first-order valence-electron chi connectivity index (χ1n) is 21.9. The number of likely N-dealkylation sites (tertiary alicyclic amines) is 5. The number of rotatable bonds is 7. The number of nitrogens with one attached hydrogen (secondary N) is 1. The molecule has 6 aliphatic heterocycles. The molecule has 2 saturated carbocycles. The lowest BCUT2D eigenvalue weighted by atomic mass is 9.60. The molecule has 2 aliphatic carbocycles. The normalized spacial score (nSPS) is 27.2. The van der Waals surface area contributed by atoms with Gasteiger partial charge in [0.05, 0.1) is 25.3 Å². The summed E-state index contributed by atoms with van der Waals surface area (Å²) in [4.78, 5) is 45.3. The number of ether oxygens (including phenoxy) is 2. The molecule has 8 heterocycles. The Morgan fingerprint density at radius 2 is 1.19 bits per heavy atom. The lowest BCUT2D eigenvalue weighted by Gasteiger charge is -2.61. The number of Topliss-reactive ketones (excluding diaryl/α,β-unsaturated/α-hetero) is 1. The number of amides is 2. The van der Waals surface area contributed by atoms with E-state index in [1.165, 1.54) is 90.4 Å². The molecule has 15 heteroatoms. The number of carbonyl (C=O) groups excluding carboxylic acids is 3. The highest BCUT2D eigenvalue weighted by Gasteiger charge is 2.56. The van der Waals surface area contributed by atoms with Crippen molar-refractivity contribution in [2.24, 2.45) is 10.8 Å². The highest BCUT2D eigenvalue weighted by molar-refractivity contribution is 5.87. The lowest BCUT2D eigenvalue weighted by molar-refractivity contribution is -0.143. The third-order valence-electron chi connectivity index (χ3n) is 14.1. The van der Waals surface area contributed by atoms with Gasteiger partial charge in [-0.2, -0.15) is 0 Å². The maximum Gasteiger partial charge on any atom is 0.409 e. The molecule has 0 radical (unpaired) electrons. The van der Waals surface area contributed by atoms with Crippen molar-refractivity contribution in [3.8, 4) is 0 Å². The molecule has 2 amide bonds. The minimum atomic E-state index is -0.243. The van der Waals surface area contributed by atoms with Gasteiger partial charge in [0, 0.05) is 80.1 Å². The molecular formula is C43H68N8O7. The van der Waals surface area contributed by atoms with Crippen LogP contribution in [0.3, 0.4) is 0 Å². The molecule has 0 bridgehead atoms. The third kappa shape index (κ3) is 9.27. The van der Waals surface area contributed by atoms with Gasteiger partial charge in [0.15, 0.2) is 0 Å². The minimum Gasteiger partial charge on any atom is -0.450 e. The molecular weight excluding hydrogens is 741 g/mol. The first-order chi connectivity index (χ1) is 27.8. The number of nitrogens with zero attached hydrogens (tertiary/aromatic N) is 7. The zero-order valence-electron chi connectivity index (χ0n) is 34.2. The molecule has 2 atom stereocenters. The molecule has 2 spiro atoms. The fraction of sp³-hybridized carbons (Fsp3) is 0.791. The van der Waals surface area contributed by atoms with Gasteiger partial charge in [0.2, 0.25) is 0 Å².